The van der Waals surface area contributed by atoms with Crippen LogP contribution in [0.2, 0.25) is 0 Å². The number of hydrogen-bond acceptors (Lipinski definition) is 5. The summed E-state index contributed by atoms with van der Waals surface area (Å²) in [5.41, 5.74) is 4.05. The lowest BCUT2D eigenvalue weighted by molar-refractivity contribution is 0.521. The Kier molecular flexibility index (Phi) is 5.35. The molecule has 0 atom stereocenters. The van der Waals surface area contributed by atoms with E-state index in [9.17, 15) is 8.42 Å². The monoisotopic (exact) mass is 485 g/mol. The first kappa shape index (κ1) is 20.5. The van der Waals surface area contributed by atoms with E-state index < -0.39 is 10.0 Å². The van der Waals surface area contributed by atoms with Gasteiger partial charge in [0, 0.05) is 31.4 Å². The Morgan fingerprint density at radius 2 is 1.70 bits per heavy atom. The molecule has 0 fully saturated rings. The summed E-state index contributed by atoms with van der Waals surface area (Å²) in [6, 6.07) is 18.4. The number of benzene rings is 2. The van der Waals surface area contributed by atoms with Crippen molar-refractivity contribution < 1.29 is 8.42 Å². The summed E-state index contributed by atoms with van der Waals surface area (Å²) in [7, 11) is -0.450. The van der Waals surface area contributed by atoms with Gasteiger partial charge in [0.25, 0.3) is 0 Å². The molecule has 0 amide bonds. The molecular formula is C21H20BrN5O2S. The van der Waals surface area contributed by atoms with Gasteiger partial charge in [-0.25, -0.2) is 17.7 Å². The zero-order valence-corrected chi connectivity index (χ0v) is 19.1. The standard InChI is InChI=1S/C21H20BrN5O2S/c1-14-20(22)21-24-18(15-7-5-4-6-8-15)13-19(27(21)25-14)23-16-9-11-17(12-10-16)30(28,29)26(2)3/h4-13,23H,1-3H3. The van der Waals surface area contributed by atoms with Gasteiger partial charge in [0.15, 0.2) is 5.65 Å². The van der Waals surface area contributed by atoms with E-state index in [4.69, 9.17) is 4.98 Å². The Bertz CT molecular complexity index is 1320. The molecule has 30 heavy (non-hydrogen) atoms. The molecular weight excluding hydrogens is 466 g/mol. The maximum absolute atomic E-state index is 12.3. The fourth-order valence-electron chi connectivity index (χ4n) is 3.01. The molecule has 2 aromatic carbocycles. The van der Waals surface area contributed by atoms with Crippen molar-refractivity contribution in [2.45, 2.75) is 11.8 Å². The molecule has 0 saturated carbocycles. The molecule has 2 heterocycles. The number of sulfonamides is 1. The molecule has 154 valence electrons. The number of anilines is 2. The molecule has 0 saturated heterocycles. The first-order valence-electron chi connectivity index (χ1n) is 9.18. The van der Waals surface area contributed by atoms with Crippen molar-refractivity contribution in [3.05, 3.63) is 70.8 Å². The SMILES string of the molecule is Cc1nn2c(Nc3ccc(S(=O)(=O)N(C)C)cc3)cc(-c3ccccc3)nc2c1Br. The van der Waals surface area contributed by atoms with E-state index in [0.717, 1.165) is 32.9 Å². The summed E-state index contributed by atoms with van der Waals surface area (Å²) < 4.78 is 28.3. The van der Waals surface area contributed by atoms with Gasteiger partial charge >= 0.3 is 0 Å². The molecule has 1 N–H and O–H groups in total. The Hall–Kier alpha value is -2.75. The molecule has 4 rings (SSSR count). The second kappa shape index (κ2) is 7.82. The minimum atomic E-state index is -3.47. The molecule has 0 spiro atoms. The Morgan fingerprint density at radius 1 is 1.03 bits per heavy atom. The van der Waals surface area contributed by atoms with Crippen molar-refractivity contribution in [3.63, 3.8) is 0 Å². The molecule has 4 aromatic rings. The zero-order chi connectivity index (χ0) is 21.5. The number of aryl methyl sites for hydroxylation is 1. The minimum absolute atomic E-state index is 0.237. The smallest absolute Gasteiger partial charge is 0.242 e. The third-order valence-corrected chi connectivity index (χ3v) is 7.43. The number of nitrogens with one attached hydrogen (secondary N) is 1. The summed E-state index contributed by atoms with van der Waals surface area (Å²) >= 11 is 3.58. The summed E-state index contributed by atoms with van der Waals surface area (Å²) in [5, 5.41) is 7.90. The highest BCUT2D eigenvalue weighted by Crippen LogP contribution is 2.29. The van der Waals surface area contributed by atoms with E-state index in [0.29, 0.717) is 5.65 Å². The molecule has 2 aromatic heterocycles. The normalized spacial score (nSPS) is 11.9. The number of aromatic nitrogens is 3. The van der Waals surface area contributed by atoms with Gasteiger partial charge in [-0.1, -0.05) is 30.3 Å². The summed E-state index contributed by atoms with van der Waals surface area (Å²) in [4.78, 5) is 5.00. The average Bonchev–Trinajstić information content (AvgIpc) is 3.03. The van der Waals surface area contributed by atoms with Crippen LogP contribution >= 0.6 is 15.9 Å². The van der Waals surface area contributed by atoms with Crippen LogP contribution in [-0.2, 0) is 10.0 Å². The number of fused-ring (bicyclic) bond motifs is 1. The molecule has 0 radical (unpaired) electrons. The van der Waals surface area contributed by atoms with Crippen LogP contribution in [0.25, 0.3) is 16.9 Å². The predicted octanol–water partition coefficient (Wildman–Crippen LogP) is 4.46. The first-order chi connectivity index (χ1) is 14.3. The van der Waals surface area contributed by atoms with E-state index >= 15 is 0 Å². The van der Waals surface area contributed by atoms with Crippen LogP contribution in [-0.4, -0.2) is 41.4 Å². The second-order valence-electron chi connectivity index (χ2n) is 6.96. The van der Waals surface area contributed by atoms with Gasteiger partial charge in [-0.05, 0) is 47.1 Å². The molecule has 9 heteroatoms. The summed E-state index contributed by atoms with van der Waals surface area (Å²) in [6.07, 6.45) is 0. The van der Waals surface area contributed by atoms with Crippen LogP contribution in [0.1, 0.15) is 5.69 Å². The largest absolute Gasteiger partial charge is 0.340 e. The molecule has 0 aliphatic rings. The lowest BCUT2D eigenvalue weighted by Crippen LogP contribution is -2.22. The maximum Gasteiger partial charge on any atom is 0.242 e. The Morgan fingerprint density at radius 3 is 2.33 bits per heavy atom. The van der Waals surface area contributed by atoms with Gasteiger partial charge in [0.2, 0.25) is 10.0 Å². The van der Waals surface area contributed by atoms with Crippen molar-refractivity contribution in [2.75, 3.05) is 19.4 Å². The van der Waals surface area contributed by atoms with E-state index in [2.05, 4.69) is 26.3 Å². The summed E-state index contributed by atoms with van der Waals surface area (Å²) in [5.74, 6) is 0.718. The lowest BCUT2D eigenvalue weighted by atomic mass is 10.1. The number of halogens is 1. The van der Waals surface area contributed by atoms with Crippen LogP contribution in [0.15, 0.2) is 70.0 Å². The molecule has 7 nitrogen and oxygen atoms in total. The fraction of sp³-hybridized carbons (Fsp3) is 0.143. The predicted molar refractivity (Wildman–Crippen MR) is 121 cm³/mol. The van der Waals surface area contributed by atoms with Crippen molar-refractivity contribution in [1.82, 2.24) is 18.9 Å². The molecule has 0 aliphatic carbocycles. The van der Waals surface area contributed by atoms with E-state index in [1.165, 1.54) is 18.4 Å². The molecule has 0 unspecified atom stereocenters. The van der Waals surface area contributed by atoms with E-state index in [1.54, 1.807) is 28.8 Å². The third-order valence-electron chi connectivity index (χ3n) is 4.67. The molecule has 0 bridgehead atoms. The molecule has 0 aliphatic heterocycles. The average molecular weight is 486 g/mol. The van der Waals surface area contributed by atoms with Crippen molar-refractivity contribution in [2.24, 2.45) is 0 Å². The maximum atomic E-state index is 12.3. The third kappa shape index (κ3) is 3.71. The topological polar surface area (TPSA) is 79.6 Å². The van der Waals surface area contributed by atoms with E-state index in [-0.39, 0.29) is 4.90 Å². The van der Waals surface area contributed by atoms with Crippen LogP contribution in [0, 0.1) is 6.92 Å². The van der Waals surface area contributed by atoms with Crippen molar-refractivity contribution >= 4 is 43.1 Å². The Balaban J connectivity index is 1.78. The number of hydrogen-bond donors (Lipinski definition) is 1. The highest BCUT2D eigenvalue weighted by atomic mass is 79.9. The van der Waals surface area contributed by atoms with Crippen molar-refractivity contribution in [1.29, 1.82) is 0 Å². The zero-order valence-electron chi connectivity index (χ0n) is 16.7. The van der Waals surface area contributed by atoms with Gasteiger partial charge in [-0.15, -0.1) is 0 Å². The van der Waals surface area contributed by atoms with Gasteiger partial charge < -0.3 is 5.32 Å². The summed E-state index contributed by atoms with van der Waals surface area (Å²) in [6.45, 7) is 1.91. The minimum Gasteiger partial charge on any atom is -0.340 e. The van der Waals surface area contributed by atoms with E-state index in [1.807, 2.05) is 43.3 Å². The van der Waals surface area contributed by atoms with Crippen LogP contribution in [0.3, 0.4) is 0 Å². The van der Waals surface area contributed by atoms with Crippen LogP contribution < -0.4 is 5.32 Å². The quantitative estimate of drug-likeness (QED) is 0.451. The van der Waals surface area contributed by atoms with Gasteiger partial charge in [-0.3, -0.25) is 0 Å². The van der Waals surface area contributed by atoms with Gasteiger partial charge in [0.1, 0.15) is 5.82 Å². The van der Waals surface area contributed by atoms with Gasteiger partial charge in [0.05, 0.1) is 20.8 Å². The van der Waals surface area contributed by atoms with Crippen LogP contribution in [0.5, 0.6) is 0 Å². The van der Waals surface area contributed by atoms with Crippen LogP contribution in [0.4, 0.5) is 11.5 Å². The highest BCUT2D eigenvalue weighted by Gasteiger charge is 2.17. The van der Waals surface area contributed by atoms with Crippen molar-refractivity contribution in [3.8, 4) is 11.3 Å². The highest BCUT2D eigenvalue weighted by molar-refractivity contribution is 9.10. The second-order valence-corrected chi connectivity index (χ2v) is 9.91. The first-order valence-corrected chi connectivity index (χ1v) is 11.4. The van der Waals surface area contributed by atoms with Gasteiger partial charge in [-0.2, -0.15) is 9.61 Å². The number of rotatable bonds is 5. The lowest BCUT2D eigenvalue weighted by Gasteiger charge is -2.13. The fourth-order valence-corrected chi connectivity index (χ4v) is 4.25. The Labute approximate surface area is 183 Å². The number of nitrogens with zero attached hydrogens (tertiary/aromatic N) is 4.